The molecule has 2 N–H and O–H groups in total. The average Bonchev–Trinajstić information content (AvgIpc) is 3.34. The molecule has 2 fully saturated rings. The molecule has 124 valence electrons. The zero-order valence-corrected chi connectivity index (χ0v) is 13.6. The summed E-state index contributed by atoms with van der Waals surface area (Å²) in [6.07, 6.45) is 11.9. The summed E-state index contributed by atoms with van der Waals surface area (Å²) in [5.41, 5.74) is 1.29. The van der Waals surface area contributed by atoms with Crippen LogP contribution in [0.2, 0.25) is 0 Å². The van der Waals surface area contributed by atoms with Crippen molar-refractivity contribution >= 4 is 11.7 Å². The number of piperidine rings is 1. The number of allylic oxidation sites excluding steroid dienone is 2. The zero-order chi connectivity index (χ0) is 15.6. The third-order valence-electron chi connectivity index (χ3n) is 5.41. The molecule has 0 bridgehead atoms. The number of anilines is 1. The lowest BCUT2D eigenvalue weighted by Crippen LogP contribution is -2.46. The normalized spacial score (nSPS) is 25.6. The zero-order valence-electron chi connectivity index (χ0n) is 13.6. The van der Waals surface area contributed by atoms with Crippen molar-refractivity contribution in [1.29, 1.82) is 0 Å². The van der Waals surface area contributed by atoms with Crippen molar-refractivity contribution in [3.63, 3.8) is 0 Å². The minimum absolute atomic E-state index is 0.186. The lowest BCUT2D eigenvalue weighted by Gasteiger charge is -2.33. The smallest absolute Gasteiger partial charge is 0.223 e. The molecule has 1 atom stereocenters. The lowest BCUT2D eigenvalue weighted by molar-refractivity contribution is -0.126. The largest absolute Gasteiger partial charge is 0.355 e. The van der Waals surface area contributed by atoms with Crippen LogP contribution in [0.25, 0.3) is 0 Å². The second-order valence-corrected chi connectivity index (χ2v) is 7.21. The van der Waals surface area contributed by atoms with E-state index in [1.807, 2.05) is 0 Å². The first-order valence-electron chi connectivity index (χ1n) is 9.05. The van der Waals surface area contributed by atoms with Crippen LogP contribution in [-0.2, 0) is 4.79 Å². The van der Waals surface area contributed by atoms with Crippen LogP contribution in [0.1, 0.15) is 56.6 Å². The van der Waals surface area contributed by atoms with Crippen LogP contribution in [0.4, 0.5) is 5.82 Å². The molecule has 0 radical (unpaired) electrons. The van der Waals surface area contributed by atoms with Crippen molar-refractivity contribution in [3.05, 3.63) is 23.9 Å². The molecule has 5 nitrogen and oxygen atoms in total. The first-order valence-corrected chi connectivity index (χ1v) is 9.05. The number of nitrogens with zero attached hydrogens (tertiary/aromatic N) is 2. The molecular weight excluding hydrogens is 288 g/mol. The number of hydrogen-bond donors (Lipinski definition) is 2. The number of carbonyl (C=O) groups excluding carboxylic acids is 1. The molecule has 2 aliphatic carbocycles. The Kier molecular flexibility index (Phi) is 4.10. The quantitative estimate of drug-likeness (QED) is 0.840. The van der Waals surface area contributed by atoms with Gasteiger partial charge in [0, 0.05) is 42.7 Å². The summed E-state index contributed by atoms with van der Waals surface area (Å²) in [6, 6.07) is 2.54. The number of rotatable bonds is 4. The maximum Gasteiger partial charge on any atom is 0.223 e. The highest BCUT2D eigenvalue weighted by Gasteiger charge is 2.28. The first-order chi connectivity index (χ1) is 11.3. The van der Waals surface area contributed by atoms with Crippen LogP contribution >= 0.6 is 0 Å². The van der Waals surface area contributed by atoms with Crippen LogP contribution < -0.4 is 10.2 Å². The second kappa shape index (κ2) is 6.38. The van der Waals surface area contributed by atoms with Gasteiger partial charge in [-0.3, -0.25) is 9.89 Å². The molecule has 3 aliphatic rings. The molecule has 1 unspecified atom stereocenters. The van der Waals surface area contributed by atoms with Crippen molar-refractivity contribution in [2.24, 2.45) is 5.92 Å². The van der Waals surface area contributed by atoms with Crippen LogP contribution in [0.15, 0.2) is 18.2 Å². The number of aromatic nitrogens is 2. The molecule has 1 saturated heterocycles. The third-order valence-corrected chi connectivity index (χ3v) is 5.41. The number of nitrogens with one attached hydrogen (secondary N) is 2. The highest BCUT2D eigenvalue weighted by atomic mass is 16.1. The van der Waals surface area contributed by atoms with Crippen molar-refractivity contribution in [3.8, 4) is 0 Å². The lowest BCUT2D eigenvalue weighted by atomic mass is 9.93. The molecule has 1 aromatic rings. The Morgan fingerprint density at radius 2 is 2.00 bits per heavy atom. The Labute approximate surface area is 137 Å². The van der Waals surface area contributed by atoms with Gasteiger partial charge in [0.15, 0.2) is 5.82 Å². The van der Waals surface area contributed by atoms with Gasteiger partial charge in [-0.2, -0.15) is 5.10 Å². The van der Waals surface area contributed by atoms with E-state index in [0.717, 1.165) is 56.9 Å². The number of amides is 1. The van der Waals surface area contributed by atoms with Gasteiger partial charge in [-0.25, -0.2) is 0 Å². The summed E-state index contributed by atoms with van der Waals surface area (Å²) in [5.74, 6) is 2.24. The SMILES string of the molecule is O=C(NC1CCN(c2cc(C3CC3)[nH]n2)CC1)C1CC=CCC1. The van der Waals surface area contributed by atoms with Crippen molar-refractivity contribution < 1.29 is 4.79 Å². The Morgan fingerprint density at radius 1 is 1.17 bits per heavy atom. The van der Waals surface area contributed by atoms with Gasteiger partial charge >= 0.3 is 0 Å². The molecule has 1 amide bonds. The van der Waals surface area contributed by atoms with Gasteiger partial charge in [-0.15, -0.1) is 0 Å². The van der Waals surface area contributed by atoms with E-state index in [0.29, 0.717) is 6.04 Å². The summed E-state index contributed by atoms with van der Waals surface area (Å²) in [7, 11) is 0. The summed E-state index contributed by atoms with van der Waals surface area (Å²) >= 11 is 0. The van der Waals surface area contributed by atoms with E-state index >= 15 is 0 Å². The topological polar surface area (TPSA) is 61.0 Å². The van der Waals surface area contributed by atoms with E-state index in [-0.39, 0.29) is 11.8 Å². The van der Waals surface area contributed by atoms with E-state index in [2.05, 4.69) is 38.6 Å². The predicted octanol–water partition coefficient (Wildman–Crippen LogP) is 2.73. The van der Waals surface area contributed by atoms with Gasteiger partial charge in [0.25, 0.3) is 0 Å². The van der Waals surface area contributed by atoms with E-state index in [4.69, 9.17) is 0 Å². The van der Waals surface area contributed by atoms with Crippen LogP contribution in [-0.4, -0.2) is 35.2 Å². The number of carbonyl (C=O) groups is 1. The predicted molar refractivity (Wildman–Crippen MR) is 90.4 cm³/mol. The van der Waals surface area contributed by atoms with Crippen molar-refractivity contribution in [1.82, 2.24) is 15.5 Å². The second-order valence-electron chi connectivity index (χ2n) is 7.21. The Hall–Kier alpha value is -1.78. The summed E-state index contributed by atoms with van der Waals surface area (Å²) in [4.78, 5) is 14.7. The van der Waals surface area contributed by atoms with E-state index in [1.54, 1.807) is 0 Å². The standard InChI is InChI=1S/C18H26N4O/c23-18(14-4-2-1-3-5-14)19-15-8-10-22(11-9-15)17-12-16(20-21-17)13-6-7-13/h1-2,12-15H,3-11H2,(H,19,23)(H,20,21). The van der Waals surface area contributed by atoms with E-state index in [9.17, 15) is 4.79 Å². The molecule has 2 heterocycles. The maximum atomic E-state index is 12.3. The molecule has 1 aliphatic heterocycles. The van der Waals surface area contributed by atoms with Crippen LogP contribution in [0, 0.1) is 5.92 Å². The monoisotopic (exact) mass is 314 g/mol. The third kappa shape index (κ3) is 3.43. The Morgan fingerprint density at radius 3 is 2.70 bits per heavy atom. The fraction of sp³-hybridized carbons (Fsp3) is 0.667. The van der Waals surface area contributed by atoms with Crippen LogP contribution in [0.3, 0.4) is 0 Å². The molecule has 1 aromatic heterocycles. The van der Waals surface area contributed by atoms with Gasteiger partial charge in [-0.05, 0) is 44.9 Å². The van der Waals surface area contributed by atoms with Gasteiger partial charge in [0.05, 0.1) is 0 Å². The first kappa shape index (κ1) is 14.8. The molecular formula is C18H26N4O. The fourth-order valence-corrected chi connectivity index (χ4v) is 3.69. The highest BCUT2D eigenvalue weighted by Crippen LogP contribution is 2.40. The number of H-pyrrole nitrogens is 1. The minimum Gasteiger partial charge on any atom is -0.355 e. The molecule has 5 heteroatoms. The summed E-state index contributed by atoms with van der Waals surface area (Å²) < 4.78 is 0. The minimum atomic E-state index is 0.186. The van der Waals surface area contributed by atoms with E-state index < -0.39 is 0 Å². The Bertz CT molecular complexity index is 582. The van der Waals surface area contributed by atoms with Crippen molar-refractivity contribution in [2.45, 2.75) is 56.9 Å². The van der Waals surface area contributed by atoms with Crippen LogP contribution in [0.5, 0.6) is 0 Å². The molecule has 4 rings (SSSR count). The maximum absolute atomic E-state index is 12.3. The van der Waals surface area contributed by atoms with Crippen molar-refractivity contribution in [2.75, 3.05) is 18.0 Å². The molecule has 0 spiro atoms. The van der Waals surface area contributed by atoms with Gasteiger partial charge in [0.2, 0.25) is 5.91 Å². The molecule has 1 saturated carbocycles. The number of hydrogen-bond acceptors (Lipinski definition) is 3. The van der Waals surface area contributed by atoms with Gasteiger partial charge < -0.3 is 10.2 Å². The Balaban J connectivity index is 1.26. The summed E-state index contributed by atoms with van der Waals surface area (Å²) in [5, 5.41) is 10.9. The molecule has 23 heavy (non-hydrogen) atoms. The van der Waals surface area contributed by atoms with E-state index in [1.165, 1.54) is 18.5 Å². The summed E-state index contributed by atoms with van der Waals surface area (Å²) in [6.45, 7) is 1.95. The van der Waals surface area contributed by atoms with Gasteiger partial charge in [0.1, 0.15) is 0 Å². The highest BCUT2D eigenvalue weighted by molar-refractivity contribution is 5.79. The average molecular weight is 314 g/mol. The molecule has 0 aromatic carbocycles. The fourth-order valence-electron chi connectivity index (χ4n) is 3.69. The van der Waals surface area contributed by atoms with Gasteiger partial charge in [-0.1, -0.05) is 12.2 Å². The number of aromatic amines is 1.